The number of hydrogen-bond donors (Lipinski definition) is 2. The molecule has 0 bridgehead atoms. The molecule has 2 aromatic rings. The molecule has 0 spiro atoms. The minimum atomic E-state index is 0.539. The predicted octanol–water partition coefficient (Wildman–Crippen LogP) is 4.34. The van der Waals surface area contributed by atoms with Crippen LogP contribution in [0.2, 0.25) is 0 Å². The quantitative estimate of drug-likeness (QED) is 0.777. The minimum Gasteiger partial charge on any atom is -0.397 e. The molecule has 2 aromatic carbocycles. The molecule has 0 radical (unpaired) electrons. The number of nitrogen functional groups attached to an aromatic ring is 1. The highest BCUT2D eigenvalue weighted by Gasteiger charge is 2.20. The van der Waals surface area contributed by atoms with E-state index in [0.29, 0.717) is 12.0 Å². The molecular formula is C21H29N3. The number of piperidine rings is 1. The second kappa shape index (κ2) is 8.20. The number of nitrogens with two attached hydrogens (primary N) is 1. The van der Waals surface area contributed by atoms with Crippen molar-refractivity contribution in [3.05, 3.63) is 60.2 Å². The lowest BCUT2D eigenvalue weighted by molar-refractivity contribution is 0.213. The van der Waals surface area contributed by atoms with Gasteiger partial charge in [-0.3, -0.25) is 0 Å². The van der Waals surface area contributed by atoms with E-state index >= 15 is 0 Å². The molecule has 1 unspecified atom stereocenters. The van der Waals surface area contributed by atoms with Crippen molar-refractivity contribution >= 4 is 11.4 Å². The maximum absolute atomic E-state index is 6.03. The lowest BCUT2D eigenvalue weighted by atomic mass is 9.97. The van der Waals surface area contributed by atoms with Gasteiger partial charge in [-0.15, -0.1) is 0 Å². The van der Waals surface area contributed by atoms with Gasteiger partial charge in [-0.25, -0.2) is 0 Å². The molecule has 3 N–H and O–H groups in total. The van der Waals surface area contributed by atoms with E-state index < -0.39 is 0 Å². The van der Waals surface area contributed by atoms with Gasteiger partial charge in [0.2, 0.25) is 0 Å². The van der Waals surface area contributed by atoms with Gasteiger partial charge >= 0.3 is 0 Å². The van der Waals surface area contributed by atoms with Crippen molar-refractivity contribution in [1.82, 2.24) is 4.90 Å². The SMILES string of the molecule is CC(CCN1CCC(Nc2ccccc2N)CC1)c1ccccc1. The van der Waals surface area contributed by atoms with Crippen LogP contribution in [0.25, 0.3) is 0 Å². The Morgan fingerprint density at radius 1 is 1.04 bits per heavy atom. The van der Waals surface area contributed by atoms with Crippen LogP contribution in [0.1, 0.15) is 37.7 Å². The van der Waals surface area contributed by atoms with Crippen molar-refractivity contribution in [3.8, 4) is 0 Å². The third-order valence-electron chi connectivity index (χ3n) is 5.15. The highest BCUT2D eigenvalue weighted by atomic mass is 15.1. The van der Waals surface area contributed by atoms with Crippen LogP contribution in [0.4, 0.5) is 11.4 Å². The molecule has 0 aliphatic carbocycles. The molecule has 0 aromatic heterocycles. The molecule has 128 valence electrons. The highest BCUT2D eigenvalue weighted by molar-refractivity contribution is 5.65. The number of likely N-dealkylation sites (tertiary alicyclic amines) is 1. The van der Waals surface area contributed by atoms with Gasteiger partial charge in [0.05, 0.1) is 11.4 Å². The largest absolute Gasteiger partial charge is 0.397 e. The Morgan fingerprint density at radius 3 is 2.42 bits per heavy atom. The fourth-order valence-corrected chi connectivity index (χ4v) is 3.47. The van der Waals surface area contributed by atoms with Crippen LogP contribution in [0.3, 0.4) is 0 Å². The second-order valence-corrected chi connectivity index (χ2v) is 6.95. The molecule has 1 atom stereocenters. The van der Waals surface area contributed by atoms with Crippen molar-refractivity contribution in [2.24, 2.45) is 0 Å². The van der Waals surface area contributed by atoms with Crippen LogP contribution in [-0.2, 0) is 0 Å². The van der Waals surface area contributed by atoms with Gasteiger partial charge in [-0.2, -0.15) is 0 Å². The molecular weight excluding hydrogens is 294 g/mol. The maximum Gasteiger partial charge on any atom is 0.0576 e. The first kappa shape index (κ1) is 16.8. The minimum absolute atomic E-state index is 0.539. The number of benzene rings is 2. The van der Waals surface area contributed by atoms with Gasteiger partial charge in [0.25, 0.3) is 0 Å². The normalized spacial score (nSPS) is 17.5. The van der Waals surface area contributed by atoms with Gasteiger partial charge in [-0.1, -0.05) is 49.4 Å². The van der Waals surface area contributed by atoms with Crippen LogP contribution >= 0.6 is 0 Å². The fourth-order valence-electron chi connectivity index (χ4n) is 3.47. The topological polar surface area (TPSA) is 41.3 Å². The summed E-state index contributed by atoms with van der Waals surface area (Å²) in [5.74, 6) is 0.631. The Balaban J connectivity index is 1.42. The van der Waals surface area contributed by atoms with E-state index in [1.807, 2.05) is 18.2 Å². The van der Waals surface area contributed by atoms with Gasteiger partial charge in [0, 0.05) is 19.1 Å². The number of para-hydroxylation sites is 2. The molecule has 1 heterocycles. The van der Waals surface area contributed by atoms with Crippen LogP contribution in [-0.4, -0.2) is 30.6 Å². The van der Waals surface area contributed by atoms with Gasteiger partial charge in [-0.05, 0) is 49.4 Å². The summed E-state index contributed by atoms with van der Waals surface area (Å²) >= 11 is 0. The number of nitrogens with zero attached hydrogens (tertiary/aromatic N) is 1. The van der Waals surface area contributed by atoms with Crippen molar-refractivity contribution in [2.75, 3.05) is 30.7 Å². The van der Waals surface area contributed by atoms with Gasteiger partial charge in [0.1, 0.15) is 0 Å². The first-order chi connectivity index (χ1) is 11.7. The van der Waals surface area contributed by atoms with Crippen LogP contribution in [0, 0.1) is 0 Å². The third-order valence-corrected chi connectivity index (χ3v) is 5.15. The van der Waals surface area contributed by atoms with E-state index in [4.69, 9.17) is 5.73 Å². The maximum atomic E-state index is 6.03. The molecule has 1 fully saturated rings. The van der Waals surface area contributed by atoms with E-state index in [-0.39, 0.29) is 0 Å². The van der Waals surface area contributed by atoms with Crippen LogP contribution in [0.5, 0.6) is 0 Å². The molecule has 0 saturated carbocycles. The number of anilines is 2. The van der Waals surface area contributed by atoms with Crippen LogP contribution in [0.15, 0.2) is 54.6 Å². The first-order valence-electron chi connectivity index (χ1n) is 9.10. The number of rotatable bonds is 6. The van der Waals surface area contributed by atoms with Crippen molar-refractivity contribution < 1.29 is 0 Å². The summed E-state index contributed by atoms with van der Waals surface area (Å²) in [6.07, 6.45) is 3.61. The number of hydrogen-bond acceptors (Lipinski definition) is 3. The molecule has 3 nitrogen and oxygen atoms in total. The lowest BCUT2D eigenvalue weighted by Gasteiger charge is -2.33. The summed E-state index contributed by atoms with van der Waals surface area (Å²) in [5.41, 5.74) is 9.40. The summed E-state index contributed by atoms with van der Waals surface area (Å²) < 4.78 is 0. The smallest absolute Gasteiger partial charge is 0.0576 e. The van der Waals surface area contributed by atoms with E-state index in [1.54, 1.807) is 0 Å². The van der Waals surface area contributed by atoms with E-state index in [0.717, 1.165) is 11.4 Å². The average Bonchev–Trinajstić information content (AvgIpc) is 2.63. The highest BCUT2D eigenvalue weighted by Crippen LogP contribution is 2.23. The zero-order valence-corrected chi connectivity index (χ0v) is 14.6. The van der Waals surface area contributed by atoms with Gasteiger partial charge < -0.3 is 16.0 Å². The van der Waals surface area contributed by atoms with Gasteiger partial charge in [0.15, 0.2) is 0 Å². The second-order valence-electron chi connectivity index (χ2n) is 6.95. The standard InChI is InChI=1S/C21H29N3/c1-17(18-7-3-2-4-8-18)11-14-24-15-12-19(13-16-24)23-21-10-6-5-9-20(21)22/h2-10,17,19,23H,11-16,22H2,1H3. The summed E-state index contributed by atoms with van der Waals surface area (Å²) in [6.45, 7) is 5.87. The van der Waals surface area contributed by atoms with E-state index in [1.165, 1.54) is 44.5 Å². The summed E-state index contributed by atoms with van der Waals surface area (Å²) in [4.78, 5) is 2.60. The van der Waals surface area contributed by atoms with Crippen LogP contribution < -0.4 is 11.1 Å². The van der Waals surface area contributed by atoms with E-state index in [2.05, 4.69) is 53.5 Å². The molecule has 0 amide bonds. The molecule has 1 aliphatic heterocycles. The third kappa shape index (κ3) is 4.51. The Labute approximate surface area is 145 Å². The number of nitrogens with one attached hydrogen (secondary N) is 1. The lowest BCUT2D eigenvalue weighted by Crippen LogP contribution is -2.39. The summed E-state index contributed by atoms with van der Waals surface area (Å²) in [7, 11) is 0. The van der Waals surface area contributed by atoms with Crippen molar-refractivity contribution in [3.63, 3.8) is 0 Å². The first-order valence-corrected chi connectivity index (χ1v) is 9.10. The summed E-state index contributed by atoms with van der Waals surface area (Å²) in [5, 5.41) is 3.61. The summed E-state index contributed by atoms with van der Waals surface area (Å²) in [6, 6.07) is 19.4. The Hall–Kier alpha value is -2.00. The molecule has 3 rings (SSSR count). The monoisotopic (exact) mass is 323 g/mol. The molecule has 1 aliphatic rings. The Morgan fingerprint density at radius 2 is 1.71 bits per heavy atom. The Kier molecular flexibility index (Phi) is 5.76. The Bertz CT molecular complexity index is 618. The van der Waals surface area contributed by atoms with Crippen molar-refractivity contribution in [2.45, 2.75) is 38.1 Å². The zero-order valence-electron chi connectivity index (χ0n) is 14.6. The van der Waals surface area contributed by atoms with E-state index in [9.17, 15) is 0 Å². The van der Waals surface area contributed by atoms with Crippen molar-refractivity contribution in [1.29, 1.82) is 0 Å². The predicted molar refractivity (Wildman–Crippen MR) is 103 cm³/mol. The molecule has 3 heteroatoms. The fraction of sp³-hybridized carbons (Fsp3) is 0.429. The molecule has 24 heavy (non-hydrogen) atoms. The molecule has 1 saturated heterocycles. The zero-order chi connectivity index (χ0) is 16.8. The average molecular weight is 323 g/mol.